The van der Waals surface area contributed by atoms with Gasteiger partial charge >= 0.3 is 0 Å². The monoisotopic (exact) mass is 313 g/mol. The van der Waals surface area contributed by atoms with E-state index in [-0.39, 0.29) is 0 Å². The highest BCUT2D eigenvalue weighted by Gasteiger charge is 2.31. The molecule has 1 unspecified atom stereocenters. The normalized spacial score (nSPS) is 16.2. The van der Waals surface area contributed by atoms with Gasteiger partial charge in [0.05, 0.1) is 24.9 Å². The van der Waals surface area contributed by atoms with Gasteiger partial charge in [0, 0.05) is 38.1 Å². The van der Waals surface area contributed by atoms with Crippen molar-refractivity contribution in [3.8, 4) is 0 Å². The molecule has 0 spiro atoms. The highest BCUT2D eigenvalue weighted by Crippen LogP contribution is 2.44. The van der Waals surface area contributed by atoms with Crippen molar-refractivity contribution in [3.05, 3.63) is 10.6 Å². The van der Waals surface area contributed by atoms with Gasteiger partial charge in [-0.15, -0.1) is 11.3 Å². The molecule has 1 heterocycles. The SMILES string of the molecule is CNCc1sc(N(CCOC)C(C)COC)nc1C1CC1. The molecule has 6 heteroatoms. The Labute approximate surface area is 131 Å². The first kappa shape index (κ1) is 16.7. The van der Waals surface area contributed by atoms with E-state index in [4.69, 9.17) is 14.5 Å². The number of nitrogens with zero attached hydrogens (tertiary/aromatic N) is 2. The van der Waals surface area contributed by atoms with E-state index in [1.807, 2.05) is 7.05 Å². The first-order chi connectivity index (χ1) is 10.2. The maximum Gasteiger partial charge on any atom is 0.186 e. The van der Waals surface area contributed by atoms with E-state index in [1.165, 1.54) is 23.4 Å². The van der Waals surface area contributed by atoms with Gasteiger partial charge in [0.15, 0.2) is 5.13 Å². The minimum absolute atomic E-state index is 0.297. The Bertz CT molecular complexity index is 435. The predicted molar refractivity (Wildman–Crippen MR) is 87.4 cm³/mol. The van der Waals surface area contributed by atoms with Gasteiger partial charge < -0.3 is 19.7 Å². The third kappa shape index (κ3) is 4.39. The molecule has 21 heavy (non-hydrogen) atoms. The van der Waals surface area contributed by atoms with Gasteiger partial charge in [-0.1, -0.05) is 0 Å². The number of thiazole rings is 1. The third-order valence-corrected chi connectivity index (χ3v) is 4.85. The second-order valence-corrected chi connectivity index (χ2v) is 6.66. The van der Waals surface area contributed by atoms with E-state index in [0.29, 0.717) is 25.2 Å². The van der Waals surface area contributed by atoms with Gasteiger partial charge in [-0.05, 0) is 26.8 Å². The lowest BCUT2D eigenvalue weighted by Crippen LogP contribution is -2.38. The predicted octanol–water partition coefficient (Wildman–Crippen LogP) is 2.23. The Morgan fingerprint density at radius 3 is 2.71 bits per heavy atom. The van der Waals surface area contributed by atoms with Gasteiger partial charge in [0.2, 0.25) is 0 Å². The Kier molecular flexibility index (Phi) is 6.41. The minimum Gasteiger partial charge on any atom is -0.383 e. The number of anilines is 1. The van der Waals surface area contributed by atoms with Crippen LogP contribution in [-0.4, -0.2) is 52.1 Å². The summed E-state index contributed by atoms with van der Waals surface area (Å²) in [4.78, 5) is 8.63. The van der Waals surface area contributed by atoms with E-state index in [9.17, 15) is 0 Å². The highest BCUT2D eigenvalue weighted by atomic mass is 32.1. The van der Waals surface area contributed by atoms with Crippen LogP contribution < -0.4 is 10.2 Å². The van der Waals surface area contributed by atoms with Gasteiger partial charge in [0.25, 0.3) is 0 Å². The smallest absolute Gasteiger partial charge is 0.186 e. The van der Waals surface area contributed by atoms with Crippen LogP contribution in [0.3, 0.4) is 0 Å². The van der Waals surface area contributed by atoms with Gasteiger partial charge in [0.1, 0.15) is 0 Å². The summed E-state index contributed by atoms with van der Waals surface area (Å²) in [5.74, 6) is 0.681. The van der Waals surface area contributed by atoms with Crippen LogP contribution in [0, 0.1) is 0 Å². The van der Waals surface area contributed by atoms with Crippen LogP contribution in [-0.2, 0) is 16.0 Å². The summed E-state index contributed by atoms with van der Waals surface area (Å²) in [6, 6.07) is 0.297. The largest absolute Gasteiger partial charge is 0.383 e. The van der Waals surface area contributed by atoms with Crippen molar-refractivity contribution in [1.82, 2.24) is 10.3 Å². The summed E-state index contributed by atoms with van der Waals surface area (Å²) < 4.78 is 10.6. The zero-order chi connectivity index (χ0) is 15.2. The average molecular weight is 313 g/mol. The fourth-order valence-electron chi connectivity index (χ4n) is 2.46. The van der Waals surface area contributed by atoms with E-state index in [0.717, 1.165) is 18.2 Å². The molecule has 0 amide bonds. The summed E-state index contributed by atoms with van der Waals surface area (Å²) in [5, 5.41) is 4.36. The number of rotatable bonds is 10. The van der Waals surface area contributed by atoms with Crippen LogP contribution in [0.4, 0.5) is 5.13 Å². The molecule has 1 fully saturated rings. The maximum absolute atomic E-state index is 5.31. The Hall–Kier alpha value is -0.690. The van der Waals surface area contributed by atoms with Crippen molar-refractivity contribution in [1.29, 1.82) is 0 Å². The van der Waals surface area contributed by atoms with Crippen LogP contribution in [0.15, 0.2) is 0 Å². The Morgan fingerprint density at radius 2 is 2.14 bits per heavy atom. The van der Waals surface area contributed by atoms with Crippen LogP contribution in [0.25, 0.3) is 0 Å². The van der Waals surface area contributed by atoms with Crippen LogP contribution in [0.2, 0.25) is 0 Å². The molecule has 0 bridgehead atoms. The number of methoxy groups -OCH3 is 2. The fraction of sp³-hybridized carbons (Fsp3) is 0.800. The van der Waals surface area contributed by atoms with Crippen molar-refractivity contribution in [2.24, 2.45) is 0 Å². The minimum atomic E-state index is 0.297. The van der Waals surface area contributed by atoms with E-state index >= 15 is 0 Å². The number of aromatic nitrogens is 1. The quantitative estimate of drug-likeness (QED) is 0.718. The molecular weight excluding hydrogens is 286 g/mol. The van der Waals surface area contributed by atoms with Gasteiger partial charge in [-0.3, -0.25) is 0 Å². The molecule has 0 saturated heterocycles. The maximum atomic E-state index is 5.31. The molecule has 120 valence electrons. The molecule has 1 aromatic heterocycles. The number of ether oxygens (including phenoxy) is 2. The summed E-state index contributed by atoms with van der Waals surface area (Å²) in [5.41, 5.74) is 1.30. The van der Waals surface area contributed by atoms with Crippen LogP contribution in [0.5, 0.6) is 0 Å². The molecule has 1 aliphatic carbocycles. The molecular formula is C15H27N3O2S. The summed E-state index contributed by atoms with van der Waals surface area (Å²) in [7, 11) is 5.48. The van der Waals surface area contributed by atoms with Crippen molar-refractivity contribution in [3.63, 3.8) is 0 Å². The number of hydrogen-bond acceptors (Lipinski definition) is 6. The zero-order valence-electron chi connectivity index (χ0n) is 13.5. The molecule has 1 aliphatic rings. The first-order valence-corrected chi connectivity index (χ1v) is 8.41. The van der Waals surface area contributed by atoms with Crippen molar-refractivity contribution in [2.45, 2.75) is 38.3 Å². The Morgan fingerprint density at radius 1 is 1.38 bits per heavy atom. The molecule has 1 aromatic rings. The van der Waals surface area contributed by atoms with Crippen LogP contribution in [0.1, 0.15) is 36.3 Å². The van der Waals surface area contributed by atoms with Crippen molar-refractivity contribution < 1.29 is 9.47 Å². The van der Waals surface area contributed by atoms with Crippen LogP contribution >= 0.6 is 11.3 Å². The molecule has 0 aliphatic heterocycles. The molecule has 1 saturated carbocycles. The van der Waals surface area contributed by atoms with Crippen molar-refractivity contribution >= 4 is 16.5 Å². The van der Waals surface area contributed by atoms with Crippen molar-refractivity contribution in [2.75, 3.05) is 45.9 Å². The van der Waals surface area contributed by atoms with E-state index in [2.05, 4.69) is 17.1 Å². The van der Waals surface area contributed by atoms with Gasteiger partial charge in [-0.25, -0.2) is 4.98 Å². The zero-order valence-corrected chi connectivity index (χ0v) is 14.3. The summed E-state index contributed by atoms with van der Waals surface area (Å²) in [6.45, 7) is 5.32. The molecule has 0 aromatic carbocycles. The lowest BCUT2D eigenvalue weighted by atomic mass is 10.2. The number of hydrogen-bond donors (Lipinski definition) is 1. The van der Waals surface area contributed by atoms with E-state index in [1.54, 1.807) is 25.6 Å². The second kappa shape index (κ2) is 8.08. The molecule has 5 nitrogen and oxygen atoms in total. The number of nitrogens with one attached hydrogen (secondary N) is 1. The lowest BCUT2D eigenvalue weighted by molar-refractivity contribution is 0.171. The first-order valence-electron chi connectivity index (χ1n) is 7.60. The summed E-state index contributed by atoms with van der Waals surface area (Å²) >= 11 is 1.81. The van der Waals surface area contributed by atoms with Gasteiger partial charge in [-0.2, -0.15) is 0 Å². The third-order valence-electron chi connectivity index (χ3n) is 3.74. The molecule has 0 radical (unpaired) electrons. The average Bonchev–Trinajstić information content (AvgIpc) is 3.22. The molecule has 1 N–H and O–H groups in total. The topological polar surface area (TPSA) is 46.6 Å². The lowest BCUT2D eigenvalue weighted by Gasteiger charge is -2.28. The fourth-order valence-corrected chi connectivity index (χ4v) is 3.75. The molecule has 1 atom stereocenters. The summed E-state index contributed by atoms with van der Waals surface area (Å²) in [6.07, 6.45) is 2.57. The second-order valence-electron chi connectivity index (χ2n) is 5.60. The Balaban J connectivity index is 2.19. The standard InChI is InChI=1S/C15H27N3O2S/c1-11(10-20-4)18(7-8-19-3)15-17-14(12-5-6-12)13(21-15)9-16-2/h11-12,16H,5-10H2,1-4H3. The highest BCUT2D eigenvalue weighted by molar-refractivity contribution is 7.15. The van der Waals surface area contributed by atoms with E-state index < -0.39 is 0 Å². The molecule has 2 rings (SSSR count).